The Morgan fingerprint density at radius 3 is 2.59 bits per heavy atom. The average molecular weight is 477 g/mol. The van der Waals surface area contributed by atoms with Crippen molar-refractivity contribution in [2.75, 3.05) is 10.0 Å². The van der Waals surface area contributed by atoms with Gasteiger partial charge in [-0.25, -0.2) is 8.42 Å². The molecule has 0 aliphatic rings. The third-order valence-corrected chi connectivity index (χ3v) is 6.76. The highest BCUT2D eigenvalue weighted by Gasteiger charge is 2.17. The molecule has 0 saturated heterocycles. The lowest BCUT2D eigenvalue weighted by Gasteiger charge is -2.13. The van der Waals surface area contributed by atoms with Crippen molar-refractivity contribution in [3.63, 3.8) is 0 Å². The molecule has 4 rings (SSSR count). The van der Waals surface area contributed by atoms with Crippen LogP contribution >= 0.6 is 0 Å². The number of fused-ring (bicyclic) bond motifs is 1. The molecule has 0 unspecified atom stereocenters. The number of amides is 1. The van der Waals surface area contributed by atoms with Crippen LogP contribution in [0.25, 0.3) is 10.9 Å². The van der Waals surface area contributed by atoms with Gasteiger partial charge in [-0.05, 0) is 61.4 Å². The van der Waals surface area contributed by atoms with E-state index in [0.717, 1.165) is 11.1 Å². The maximum atomic E-state index is 12.9. The van der Waals surface area contributed by atoms with Crippen molar-refractivity contribution in [1.82, 2.24) is 9.78 Å². The van der Waals surface area contributed by atoms with E-state index in [1.54, 1.807) is 60.1 Å². The van der Waals surface area contributed by atoms with Gasteiger partial charge in [0.25, 0.3) is 10.0 Å². The van der Waals surface area contributed by atoms with Gasteiger partial charge in [-0.2, -0.15) is 5.10 Å². The number of carbonyl (C=O) groups excluding carboxylic acids is 1. The van der Waals surface area contributed by atoms with E-state index in [-0.39, 0.29) is 29.2 Å². The van der Waals surface area contributed by atoms with Crippen LogP contribution in [0.15, 0.2) is 82.6 Å². The molecular formula is C25H24N4O4S. The molecule has 174 valence electrons. The van der Waals surface area contributed by atoms with Gasteiger partial charge < -0.3 is 5.32 Å². The lowest BCUT2D eigenvalue weighted by atomic mass is 10.2. The number of aromatic nitrogens is 2. The molecule has 0 bridgehead atoms. The molecule has 4 aromatic rings. The van der Waals surface area contributed by atoms with E-state index >= 15 is 0 Å². The maximum Gasteiger partial charge on any atom is 0.261 e. The smallest absolute Gasteiger partial charge is 0.261 e. The van der Waals surface area contributed by atoms with Crippen LogP contribution < -0.4 is 15.5 Å². The SMILES string of the molecule is Cc1cccc(NS(=O)(=O)c2ccc(C)c(NC(=O)CCn3ncc(=O)c4ccccc43)c2)c1. The van der Waals surface area contributed by atoms with Crippen LogP contribution in [0, 0.1) is 13.8 Å². The molecular weight excluding hydrogens is 452 g/mol. The molecule has 1 aromatic heterocycles. The Kier molecular flexibility index (Phi) is 6.47. The Balaban J connectivity index is 1.49. The van der Waals surface area contributed by atoms with Crippen molar-refractivity contribution >= 4 is 38.2 Å². The first kappa shape index (κ1) is 23.2. The van der Waals surface area contributed by atoms with Crippen molar-refractivity contribution in [1.29, 1.82) is 0 Å². The van der Waals surface area contributed by atoms with Crippen molar-refractivity contribution in [3.8, 4) is 0 Å². The van der Waals surface area contributed by atoms with E-state index < -0.39 is 10.0 Å². The van der Waals surface area contributed by atoms with Crippen molar-refractivity contribution in [3.05, 3.63) is 94.3 Å². The number of sulfonamides is 1. The van der Waals surface area contributed by atoms with Gasteiger partial charge in [-0.1, -0.05) is 30.3 Å². The zero-order valence-corrected chi connectivity index (χ0v) is 19.6. The van der Waals surface area contributed by atoms with E-state index in [2.05, 4.69) is 15.1 Å². The topological polar surface area (TPSA) is 110 Å². The predicted octanol–water partition coefficient (Wildman–Crippen LogP) is 3.84. The summed E-state index contributed by atoms with van der Waals surface area (Å²) in [5, 5.41) is 7.46. The molecule has 1 amide bonds. The quantitative estimate of drug-likeness (QED) is 0.421. The van der Waals surface area contributed by atoms with Crippen LogP contribution in [0.4, 0.5) is 11.4 Å². The Morgan fingerprint density at radius 2 is 1.79 bits per heavy atom. The van der Waals surface area contributed by atoms with E-state index in [9.17, 15) is 18.0 Å². The van der Waals surface area contributed by atoms with Crippen molar-refractivity contribution in [2.45, 2.75) is 31.7 Å². The number of hydrogen-bond acceptors (Lipinski definition) is 5. The molecule has 34 heavy (non-hydrogen) atoms. The third-order valence-electron chi connectivity index (χ3n) is 5.38. The molecule has 8 nitrogen and oxygen atoms in total. The molecule has 0 radical (unpaired) electrons. The molecule has 0 saturated carbocycles. The average Bonchev–Trinajstić information content (AvgIpc) is 2.80. The number of aryl methyl sites for hydroxylation is 3. The Bertz CT molecular complexity index is 1540. The van der Waals surface area contributed by atoms with Crippen LogP contribution in [0.2, 0.25) is 0 Å². The molecule has 2 N–H and O–H groups in total. The second-order valence-electron chi connectivity index (χ2n) is 8.00. The van der Waals surface area contributed by atoms with Crippen molar-refractivity contribution < 1.29 is 13.2 Å². The summed E-state index contributed by atoms with van der Waals surface area (Å²) >= 11 is 0. The van der Waals surface area contributed by atoms with Crippen LogP contribution in [0.5, 0.6) is 0 Å². The van der Waals surface area contributed by atoms with Crippen LogP contribution in [0.3, 0.4) is 0 Å². The monoisotopic (exact) mass is 476 g/mol. The van der Waals surface area contributed by atoms with Crippen LogP contribution in [-0.2, 0) is 21.4 Å². The first-order valence-electron chi connectivity index (χ1n) is 10.7. The number of anilines is 2. The first-order chi connectivity index (χ1) is 16.2. The Hall–Kier alpha value is -3.98. The number of rotatable bonds is 7. The summed E-state index contributed by atoms with van der Waals surface area (Å²) in [5.41, 5.74) is 3.01. The van der Waals surface area contributed by atoms with Crippen molar-refractivity contribution in [2.24, 2.45) is 0 Å². The fraction of sp³-hybridized carbons (Fsp3) is 0.160. The molecule has 0 spiro atoms. The highest BCUT2D eigenvalue weighted by Crippen LogP contribution is 2.23. The van der Waals surface area contributed by atoms with E-state index in [4.69, 9.17) is 0 Å². The largest absolute Gasteiger partial charge is 0.326 e. The minimum atomic E-state index is -3.83. The van der Waals surface area contributed by atoms with Gasteiger partial charge in [0.2, 0.25) is 11.3 Å². The fourth-order valence-electron chi connectivity index (χ4n) is 3.58. The summed E-state index contributed by atoms with van der Waals surface area (Å²) in [6, 6.07) is 18.7. The summed E-state index contributed by atoms with van der Waals surface area (Å²) in [4.78, 5) is 24.7. The molecule has 3 aromatic carbocycles. The summed E-state index contributed by atoms with van der Waals surface area (Å²) in [6.45, 7) is 3.93. The first-order valence-corrected chi connectivity index (χ1v) is 12.2. The van der Waals surface area contributed by atoms with E-state index in [1.165, 1.54) is 18.3 Å². The number of hydrogen-bond donors (Lipinski definition) is 2. The van der Waals surface area contributed by atoms with Gasteiger partial charge >= 0.3 is 0 Å². The van der Waals surface area contributed by atoms with Crippen LogP contribution in [0.1, 0.15) is 17.5 Å². The van der Waals surface area contributed by atoms with Gasteiger partial charge in [0.05, 0.1) is 23.2 Å². The normalized spacial score (nSPS) is 11.4. The second kappa shape index (κ2) is 9.48. The van der Waals surface area contributed by atoms with Gasteiger partial charge in [0, 0.05) is 23.2 Å². The molecule has 0 aliphatic heterocycles. The molecule has 1 heterocycles. The highest BCUT2D eigenvalue weighted by molar-refractivity contribution is 7.92. The van der Waals surface area contributed by atoms with Crippen LogP contribution in [-0.4, -0.2) is 24.1 Å². The highest BCUT2D eigenvalue weighted by atomic mass is 32.2. The van der Waals surface area contributed by atoms with Gasteiger partial charge in [0.15, 0.2) is 0 Å². The van der Waals surface area contributed by atoms with E-state index in [0.29, 0.717) is 22.3 Å². The molecule has 9 heteroatoms. The summed E-state index contributed by atoms with van der Waals surface area (Å²) < 4.78 is 29.9. The molecule has 0 atom stereocenters. The van der Waals surface area contributed by atoms with E-state index in [1.807, 2.05) is 13.0 Å². The number of para-hydroxylation sites is 1. The summed E-state index contributed by atoms with van der Waals surface area (Å²) in [5.74, 6) is -0.297. The molecule has 0 aliphatic carbocycles. The standard InChI is InChI=1S/C25H24N4O4S/c1-17-6-5-7-19(14-17)28-34(32,33)20-11-10-18(2)22(15-20)27-25(31)12-13-29-23-9-4-3-8-21(23)24(30)16-26-29/h3-11,14-16,28H,12-13H2,1-2H3,(H,27,31). The zero-order valence-electron chi connectivity index (χ0n) is 18.8. The Morgan fingerprint density at radius 1 is 1.00 bits per heavy atom. The zero-order chi connectivity index (χ0) is 24.3. The summed E-state index contributed by atoms with van der Waals surface area (Å²) in [7, 11) is -3.83. The fourth-order valence-corrected chi connectivity index (χ4v) is 4.66. The minimum absolute atomic E-state index is 0.0444. The lowest BCUT2D eigenvalue weighted by molar-refractivity contribution is -0.116. The van der Waals surface area contributed by atoms with Gasteiger partial charge in [-0.15, -0.1) is 0 Å². The Labute approximate surface area is 197 Å². The lowest BCUT2D eigenvalue weighted by Crippen LogP contribution is -2.19. The number of nitrogens with zero attached hydrogens (tertiary/aromatic N) is 2. The maximum absolute atomic E-state index is 12.9. The number of benzene rings is 3. The summed E-state index contributed by atoms with van der Waals surface area (Å²) in [6.07, 6.45) is 1.33. The molecule has 0 fully saturated rings. The number of carbonyl (C=O) groups is 1. The number of nitrogens with one attached hydrogen (secondary N) is 2. The van der Waals surface area contributed by atoms with Gasteiger partial charge in [0.1, 0.15) is 0 Å². The third kappa shape index (κ3) is 5.15. The minimum Gasteiger partial charge on any atom is -0.326 e. The second-order valence-corrected chi connectivity index (χ2v) is 9.68. The predicted molar refractivity (Wildman–Crippen MR) is 132 cm³/mol. The van der Waals surface area contributed by atoms with Gasteiger partial charge in [-0.3, -0.25) is 19.0 Å².